The molecular formula is C16H22O3. The first kappa shape index (κ1) is 14.1. The summed E-state index contributed by atoms with van der Waals surface area (Å²) in [5, 5.41) is 9.75. The second-order valence-corrected chi connectivity index (χ2v) is 5.30. The van der Waals surface area contributed by atoms with E-state index in [-0.39, 0.29) is 6.10 Å². The molecule has 0 aliphatic carbocycles. The van der Waals surface area contributed by atoms with Crippen LogP contribution in [0.3, 0.4) is 0 Å². The molecule has 104 valence electrons. The van der Waals surface area contributed by atoms with Gasteiger partial charge in [-0.1, -0.05) is 37.3 Å². The summed E-state index contributed by atoms with van der Waals surface area (Å²) >= 11 is 0. The number of aliphatic carboxylic acids is 1. The second-order valence-electron chi connectivity index (χ2n) is 5.30. The normalized spacial score (nSPS) is 22.7. The molecule has 1 aromatic rings. The van der Waals surface area contributed by atoms with E-state index < -0.39 is 11.4 Å². The van der Waals surface area contributed by atoms with Gasteiger partial charge < -0.3 is 9.84 Å². The van der Waals surface area contributed by atoms with E-state index in [0.717, 1.165) is 31.4 Å². The monoisotopic (exact) mass is 262 g/mol. The minimum absolute atomic E-state index is 0.0741. The van der Waals surface area contributed by atoms with Gasteiger partial charge in [0.2, 0.25) is 0 Å². The summed E-state index contributed by atoms with van der Waals surface area (Å²) in [4.78, 5) is 11.9. The molecule has 3 heteroatoms. The van der Waals surface area contributed by atoms with E-state index in [9.17, 15) is 9.90 Å². The van der Waals surface area contributed by atoms with Crippen molar-refractivity contribution in [3.63, 3.8) is 0 Å². The summed E-state index contributed by atoms with van der Waals surface area (Å²) in [6, 6.07) is 9.57. The molecule has 19 heavy (non-hydrogen) atoms. The SMILES string of the molecule is CCC(CC1CCCCO1)(C(=O)O)c1ccccc1. The molecule has 3 nitrogen and oxygen atoms in total. The molecule has 2 unspecified atom stereocenters. The fourth-order valence-corrected chi connectivity index (χ4v) is 2.94. The van der Waals surface area contributed by atoms with Gasteiger partial charge in [-0.05, 0) is 37.7 Å². The van der Waals surface area contributed by atoms with Crippen molar-refractivity contribution in [1.82, 2.24) is 0 Å². The van der Waals surface area contributed by atoms with E-state index in [1.54, 1.807) is 0 Å². The minimum Gasteiger partial charge on any atom is -0.481 e. The Morgan fingerprint density at radius 2 is 2.11 bits per heavy atom. The summed E-state index contributed by atoms with van der Waals surface area (Å²) in [6.45, 7) is 2.71. The quantitative estimate of drug-likeness (QED) is 0.885. The van der Waals surface area contributed by atoms with Crippen LogP contribution in [0.2, 0.25) is 0 Å². The lowest BCUT2D eigenvalue weighted by molar-refractivity contribution is -0.146. The standard InChI is InChI=1S/C16H22O3/c1-2-16(15(17)18,13-8-4-3-5-9-13)12-14-10-6-7-11-19-14/h3-5,8-9,14H,2,6-7,10-12H2,1H3,(H,17,18). The molecule has 1 aliphatic heterocycles. The molecule has 0 aromatic heterocycles. The molecule has 1 N–H and O–H groups in total. The van der Waals surface area contributed by atoms with Crippen LogP contribution in [-0.2, 0) is 14.9 Å². The first-order valence-electron chi connectivity index (χ1n) is 7.09. The molecule has 0 radical (unpaired) electrons. The first-order chi connectivity index (χ1) is 9.19. The van der Waals surface area contributed by atoms with Crippen molar-refractivity contribution in [1.29, 1.82) is 0 Å². The van der Waals surface area contributed by atoms with Crippen LogP contribution in [0.15, 0.2) is 30.3 Å². The topological polar surface area (TPSA) is 46.5 Å². The summed E-state index contributed by atoms with van der Waals surface area (Å²) in [6.07, 6.45) is 4.44. The predicted molar refractivity (Wildman–Crippen MR) is 74.3 cm³/mol. The third-order valence-corrected chi connectivity index (χ3v) is 4.19. The Hall–Kier alpha value is -1.35. The number of ether oxygens (including phenoxy) is 1. The molecule has 0 saturated carbocycles. The number of carbonyl (C=O) groups is 1. The van der Waals surface area contributed by atoms with Gasteiger partial charge in [-0.15, -0.1) is 0 Å². The number of rotatable bonds is 5. The Balaban J connectivity index is 2.26. The second kappa shape index (κ2) is 6.20. The van der Waals surface area contributed by atoms with E-state index in [0.29, 0.717) is 12.8 Å². The van der Waals surface area contributed by atoms with Crippen LogP contribution in [0.1, 0.15) is 44.6 Å². The van der Waals surface area contributed by atoms with Crippen LogP contribution >= 0.6 is 0 Å². The Kier molecular flexibility index (Phi) is 4.59. The first-order valence-corrected chi connectivity index (χ1v) is 7.09. The van der Waals surface area contributed by atoms with E-state index in [1.165, 1.54) is 0 Å². The van der Waals surface area contributed by atoms with Crippen molar-refractivity contribution in [2.75, 3.05) is 6.61 Å². The van der Waals surface area contributed by atoms with Crippen molar-refractivity contribution in [2.45, 2.75) is 50.5 Å². The number of carboxylic acid groups (broad SMARTS) is 1. The highest BCUT2D eigenvalue weighted by atomic mass is 16.5. The molecule has 1 fully saturated rings. The molecule has 1 aromatic carbocycles. The van der Waals surface area contributed by atoms with Gasteiger partial charge in [0, 0.05) is 6.61 Å². The average molecular weight is 262 g/mol. The molecule has 2 atom stereocenters. The van der Waals surface area contributed by atoms with Gasteiger partial charge in [0.15, 0.2) is 0 Å². The summed E-state index contributed by atoms with van der Waals surface area (Å²) in [7, 11) is 0. The Bertz CT molecular complexity index is 409. The van der Waals surface area contributed by atoms with Crippen molar-refractivity contribution in [3.05, 3.63) is 35.9 Å². The Morgan fingerprint density at radius 3 is 2.63 bits per heavy atom. The largest absolute Gasteiger partial charge is 0.481 e. The van der Waals surface area contributed by atoms with Crippen LogP contribution in [0.4, 0.5) is 0 Å². The van der Waals surface area contributed by atoms with E-state index in [2.05, 4.69) is 0 Å². The highest BCUT2D eigenvalue weighted by molar-refractivity contribution is 5.81. The molecule has 1 heterocycles. The van der Waals surface area contributed by atoms with Gasteiger partial charge >= 0.3 is 5.97 Å². The summed E-state index contributed by atoms with van der Waals surface area (Å²) < 4.78 is 5.74. The Labute approximate surface area is 114 Å². The molecule has 1 saturated heterocycles. The molecular weight excluding hydrogens is 240 g/mol. The zero-order valence-corrected chi connectivity index (χ0v) is 11.5. The zero-order chi connectivity index (χ0) is 13.7. The van der Waals surface area contributed by atoms with Gasteiger partial charge in [-0.2, -0.15) is 0 Å². The van der Waals surface area contributed by atoms with Gasteiger partial charge in [0.1, 0.15) is 0 Å². The van der Waals surface area contributed by atoms with Crippen LogP contribution < -0.4 is 0 Å². The molecule has 0 spiro atoms. The average Bonchev–Trinajstić information content (AvgIpc) is 2.46. The van der Waals surface area contributed by atoms with E-state index in [1.807, 2.05) is 37.3 Å². The maximum atomic E-state index is 11.9. The Morgan fingerprint density at radius 1 is 1.37 bits per heavy atom. The lowest BCUT2D eigenvalue weighted by Gasteiger charge is -2.34. The predicted octanol–water partition coefficient (Wildman–Crippen LogP) is 3.38. The lowest BCUT2D eigenvalue weighted by Crippen LogP contribution is -2.40. The van der Waals surface area contributed by atoms with Crippen molar-refractivity contribution >= 4 is 5.97 Å². The number of hydrogen-bond acceptors (Lipinski definition) is 2. The maximum Gasteiger partial charge on any atom is 0.314 e. The van der Waals surface area contributed by atoms with Crippen LogP contribution in [-0.4, -0.2) is 23.8 Å². The van der Waals surface area contributed by atoms with Gasteiger partial charge in [-0.3, -0.25) is 4.79 Å². The van der Waals surface area contributed by atoms with E-state index >= 15 is 0 Å². The van der Waals surface area contributed by atoms with Crippen LogP contribution in [0.25, 0.3) is 0 Å². The van der Waals surface area contributed by atoms with Crippen LogP contribution in [0.5, 0.6) is 0 Å². The molecule has 0 amide bonds. The number of carboxylic acids is 1. The summed E-state index contributed by atoms with van der Waals surface area (Å²) in [5.74, 6) is -0.740. The zero-order valence-electron chi connectivity index (χ0n) is 11.5. The fraction of sp³-hybridized carbons (Fsp3) is 0.562. The summed E-state index contributed by atoms with van der Waals surface area (Å²) in [5.41, 5.74) is 0.0719. The third kappa shape index (κ3) is 2.98. The molecule has 1 aliphatic rings. The minimum atomic E-state index is -0.816. The third-order valence-electron chi connectivity index (χ3n) is 4.19. The highest BCUT2D eigenvalue weighted by Crippen LogP contribution is 2.36. The van der Waals surface area contributed by atoms with Gasteiger partial charge in [0.05, 0.1) is 11.5 Å². The van der Waals surface area contributed by atoms with Gasteiger partial charge in [-0.25, -0.2) is 0 Å². The van der Waals surface area contributed by atoms with Crippen molar-refractivity contribution in [2.24, 2.45) is 0 Å². The fourth-order valence-electron chi connectivity index (χ4n) is 2.94. The smallest absolute Gasteiger partial charge is 0.314 e. The molecule has 0 bridgehead atoms. The maximum absolute atomic E-state index is 11.9. The van der Waals surface area contributed by atoms with Gasteiger partial charge in [0.25, 0.3) is 0 Å². The van der Waals surface area contributed by atoms with Crippen molar-refractivity contribution < 1.29 is 14.6 Å². The highest BCUT2D eigenvalue weighted by Gasteiger charge is 2.41. The number of hydrogen-bond donors (Lipinski definition) is 1. The lowest BCUT2D eigenvalue weighted by atomic mass is 9.73. The molecule has 2 rings (SSSR count). The van der Waals surface area contributed by atoms with Crippen LogP contribution in [0, 0.1) is 0 Å². The number of benzene rings is 1. The van der Waals surface area contributed by atoms with Crippen molar-refractivity contribution in [3.8, 4) is 0 Å². The van der Waals surface area contributed by atoms with E-state index in [4.69, 9.17) is 4.74 Å².